The zero-order valence-electron chi connectivity index (χ0n) is 22.3. The van der Waals surface area contributed by atoms with Crippen LogP contribution in [0.3, 0.4) is 0 Å². The average Bonchev–Trinajstić information content (AvgIpc) is 2.88. The van der Waals surface area contributed by atoms with Crippen molar-refractivity contribution in [3.05, 3.63) is 47.9 Å². The number of nitrogens with one attached hydrogen (secondary N) is 1. The van der Waals surface area contributed by atoms with Crippen LogP contribution >= 0.6 is 0 Å². The van der Waals surface area contributed by atoms with E-state index >= 15 is 0 Å². The highest BCUT2D eigenvalue weighted by atomic mass is 19.4. The molecule has 9 nitrogen and oxygen atoms in total. The Hall–Kier alpha value is -3.57. The fourth-order valence-corrected chi connectivity index (χ4v) is 4.55. The van der Waals surface area contributed by atoms with Gasteiger partial charge in [-0.25, -0.2) is 14.8 Å². The normalized spacial score (nSPS) is 17.6. The van der Waals surface area contributed by atoms with Gasteiger partial charge in [0.25, 0.3) is 5.91 Å². The first-order valence-corrected chi connectivity index (χ1v) is 13.1. The first-order chi connectivity index (χ1) is 18.4. The highest BCUT2D eigenvalue weighted by Gasteiger charge is 2.31. The van der Waals surface area contributed by atoms with Gasteiger partial charge in [-0.05, 0) is 57.9 Å². The van der Waals surface area contributed by atoms with E-state index in [9.17, 15) is 22.8 Å². The number of benzene rings is 1. The van der Waals surface area contributed by atoms with Gasteiger partial charge in [0.05, 0.1) is 18.0 Å². The third-order valence-corrected chi connectivity index (χ3v) is 6.63. The third kappa shape index (κ3) is 7.96. The second-order valence-electron chi connectivity index (χ2n) is 10.8. The van der Waals surface area contributed by atoms with Crippen molar-refractivity contribution in [2.75, 3.05) is 31.1 Å². The first-order valence-electron chi connectivity index (χ1n) is 13.1. The van der Waals surface area contributed by atoms with Crippen LogP contribution in [0, 0.1) is 0 Å². The number of likely N-dealkylation sites (tertiary alicyclic amines) is 1. The molecule has 4 rings (SSSR count). The zero-order valence-corrected chi connectivity index (χ0v) is 22.3. The number of piperidine rings is 2. The molecule has 0 bridgehead atoms. The lowest BCUT2D eigenvalue weighted by molar-refractivity contribution is -0.137. The van der Waals surface area contributed by atoms with Gasteiger partial charge in [-0.15, -0.1) is 0 Å². The highest BCUT2D eigenvalue weighted by Crippen LogP contribution is 2.31. The minimum absolute atomic E-state index is 0.0798. The van der Waals surface area contributed by atoms with E-state index in [-0.39, 0.29) is 29.8 Å². The monoisotopic (exact) mass is 549 g/mol. The Balaban J connectivity index is 1.20. The molecule has 2 aromatic rings. The molecular formula is C27H34F3N5O4. The number of rotatable bonds is 5. The maximum atomic E-state index is 12.8. The van der Waals surface area contributed by atoms with E-state index in [4.69, 9.17) is 9.47 Å². The lowest BCUT2D eigenvalue weighted by Crippen LogP contribution is -2.47. The van der Waals surface area contributed by atoms with Gasteiger partial charge in [-0.1, -0.05) is 0 Å². The summed E-state index contributed by atoms with van der Waals surface area (Å²) in [4.78, 5) is 36.9. The number of carbonyl (C=O) groups is 2. The Bertz CT molecular complexity index is 1120. The van der Waals surface area contributed by atoms with Gasteiger partial charge in [0.2, 0.25) is 5.88 Å². The second kappa shape index (κ2) is 11.7. The molecule has 0 radical (unpaired) electrons. The quantitative estimate of drug-likeness (QED) is 0.579. The molecule has 0 unspecified atom stereocenters. The fraction of sp³-hybridized carbons (Fsp3) is 0.556. The molecule has 1 N–H and O–H groups in total. The van der Waals surface area contributed by atoms with Crippen LogP contribution in [-0.2, 0) is 10.9 Å². The summed E-state index contributed by atoms with van der Waals surface area (Å²) in [5.74, 6) is -0.0279. The van der Waals surface area contributed by atoms with Crippen molar-refractivity contribution >= 4 is 17.7 Å². The number of aromatic nitrogens is 2. The van der Waals surface area contributed by atoms with Crippen LogP contribution < -0.4 is 15.0 Å². The Kier molecular flexibility index (Phi) is 8.51. The van der Waals surface area contributed by atoms with Crippen LogP contribution in [0.2, 0.25) is 0 Å². The molecule has 12 heteroatoms. The number of amides is 2. The molecule has 1 aromatic heterocycles. The molecule has 0 saturated carbocycles. The molecule has 2 saturated heterocycles. The van der Waals surface area contributed by atoms with Gasteiger partial charge >= 0.3 is 12.3 Å². The number of anilines is 1. The number of carbonyl (C=O) groups excluding carboxylic acids is 2. The molecule has 2 amide bonds. The van der Waals surface area contributed by atoms with Gasteiger partial charge in [-0.3, -0.25) is 4.79 Å². The molecule has 3 heterocycles. The molecule has 212 valence electrons. The van der Waals surface area contributed by atoms with Crippen molar-refractivity contribution in [3.63, 3.8) is 0 Å². The van der Waals surface area contributed by atoms with E-state index in [0.717, 1.165) is 17.8 Å². The van der Waals surface area contributed by atoms with E-state index in [0.29, 0.717) is 57.7 Å². The Labute approximate surface area is 225 Å². The molecule has 2 aliphatic rings. The summed E-state index contributed by atoms with van der Waals surface area (Å²) in [6.45, 7) is 7.74. The van der Waals surface area contributed by atoms with Gasteiger partial charge in [0.15, 0.2) is 0 Å². The summed E-state index contributed by atoms with van der Waals surface area (Å²) in [5.41, 5.74) is -0.298. The third-order valence-electron chi connectivity index (χ3n) is 6.63. The molecular weight excluding hydrogens is 515 g/mol. The summed E-state index contributed by atoms with van der Waals surface area (Å²) in [6, 6.07) is 5.09. The second-order valence-corrected chi connectivity index (χ2v) is 10.8. The van der Waals surface area contributed by atoms with Crippen molar-refractivity contribution in [3.8, 4) is 5.88 Å². The van der Waals surface area contributed by atoms with E-state index in [2.05, 4.69) is 15.3 Å². The number of alkyl halides is 3. The van der Waals surface area contributed by atoms with E-state index in [1.165, 1.54) is 24.5 Å². The summed E-state index contributed by atoms with van der Waals surface area (Å²) < 4.78 is 49.7. The molecule has 2 aliphatic heterocycles. The fourth-order valence-electron chi connectivity index (χ4n) is 4.55. The molecule has 0 spiro atoms. The minimum atomic E-state index is -4.35. The molecule has 39 heavy (non-hydrogen) atoms. The molecule has 0 aliphatic carbocycles. The first kappa shape index (κ1) is 28.4. The van der Waals surface area contributed by atoms with Gasteiger partial charge in [0, 0.05) is 50.7 Å². The molecule has 2 fully saturated rings. The highest BCUT2D eigenvalue weighted by molar-refractivity contribution is 5.92. The van der Waals surface area contributed by atoms with Gasteiger partial charge in [-0.2, -0.15) is 13.2 Å². The van der Waals surface area contributed by atoms with Crippen molar-refractivity contribution in [1.82, 2.24) is 20.2 Å². The molecule has 0 atom stereocenters. The van der Waals surface area contributed by atoms with Crippen LogP contribution in [0.15, 0.2) is 36.7 Å². The molecule has 1 aromatic carbocycles. The number of hydrogen-bond acceptors (Lipinski definition) is 7. The van der Waals surface area contributed by atoms with Crippen molar-refractivity contribution < 1.29 is 32.2 Å². The topological polar surface area (TPSA) is 96.9 Å². The van der Waals surface area contributed by atoms with Gasteiger partial charge in [0.1, 0.15) is 17.4 Å². The number of ether oxygens (including phenoxy) is 2. The summed E-state index contributed by atoms with van der Waals surface area (Å²) >= 11 is 0. The Morgan fingerprint density at radius 1 is 0.923 bits per heavy atom. The van der Waals surface area contributed by atoms with Gasteiger partial charge < -0.3 is 24.6 Å². The largest absolute Gasteiger partial charge is 0.473 e. The number of hydrogen-bond donors (Lipinski definition) is 1. The number of halogens is 3. The van der Waals surface area contributed by atoms with Crippen LogP contribution in [-0.4, -0.2) is 70.8 Å². The van der Waals surface area contributed by atoms with Crippen LogP contribution in [0.5, 0.6) is 5.88 Å². The summed E-state index contributed by atoms with van der Waals surface area (Å²) in [7, 11) is 0. The SMILES string of the molecule is CC(C)(C)OC(=O)N1CCC(NC(=O)c2cnc(OC3CCN(c4ccc(C(F)(F)F)cc4)CC3)cn2)CC1. The smallest absolute Gasteiger partial charge is 0.416 e. The van der Waals surface area contributed by atoms with Crippen LogP contribution in [0.4, 0.5) is 23.7 Å². The van der Waals surface area contributed by atoms with Crippen molar-refractivity contribution in [1.29, 1.82) is 0 Å². The number of nitrogens with zero attached hydrogens (tertiary/aromatic N) is 4. The summed E-state index contributed by atoms with van der Waals surface area (Å²) in [6.07, 6.45) is 0.562. The Morgan fingerprint density at radius 3 is 2.10 bits per heavy atom. The minimum Gasteiger partial charge on any atom is -0.473 e. The lowest BCUT2D eigenvalue weighted by Gasteiger charge is -2.33. The maximum Gasteiger partial charge on any atom is 0.416 e. The van der Waals surface area contributed by atoms with Crippen LogP contribution in [0.1, 0.15) is 62.5 Å². The lowest BCUT2D eigenvalue weighted by atomic mass is 10.1. The van der Waals surface area contributed by atoms with E-state index < -0.39 is 17.3 Å². The summed E-state index contributed by atoms with van der Waals surface area (Å²) in [5, 5.41) is 2.95. The van der Waals surface area contributed by atoms with Crippen molar-refractivity contribution in [2.24, 2.45) is 0 Å². The standard InChI is InChI=1S/C27H34F3N5O4/c1-26(2,3)39-25(37)35-12-8-19(9-13-35)33-24(36)22-16-32-23(17-31-22)38-21-10-14-34(15-11-21)20-6-4-18(5-7-20)27(28,29)30/h4-7,16-17,19,21H,8-15H2,1-3H3,(H,33,36). The van der Waals surface area contributed by atoms with E-state index in [1.807, 2.05) is 25.7 Å². The zero-order chi connectivity index (χ0) is 28.2. The van der Waals surface area contributed by atoms with Crippen molar-refractivity contribution in [2.45, 2.75) is 70.4 Å². The Morgan fingerprint density at radius 2 is 1.56 bits per heavy atom. The average molecular weight is 550 g/mol. The van der Waals surface area contributed by atoms with Crippen LogP contribution in [0.25, 0.3) is 0 Å². The van der Waals surface area contributed by atoms with E-state index in [1.54, 1.807) is 4.90 Å². The maximum absolute atomic E-state index is 12.8. The predicted octanol–water partition coefficient (Wildman–Crippen LogP) is 4.67. The predicted molar refractivity (Wildman–Crippen MR) is 138 cm³/mol.